The van der Waals surface area contributed by atoms with E-state index >= 15 is 0 Å². The molecule has 2 N–H and O–H groups in total. The smallest absolute Gasteiger partial charge is 0.126 e. The van der Waals surface area contributed by atoms with Crippen molar-refractivity contribution in [1.82, 2.24) is 10.3 Å². The predicted molar refractivity (Wildman–Crippen MR) is 60.5 cm³/mol. The topological polar surface area (TPSA) is 37.0 Å². The lowest BCUT2D eigenvalue weighted by atomic mass is 10.1. The zero-order valence-corrected chi connectivity index (χ0v) is 9.39. The van der Waals surface area contributed by atoms with Gasteiger partial charge in [0.05, 0.1) is 0 Å². The van der Waals surface area contributed by atoms with Crippen LogP contribution in [0, 0.1) is 6.92 Å². The number of pyridine rings is 1. The lowest BCUT2D eigenvalue weighted by Gasteiger charge is -2.11. The third-order valence-corrected chi connectivity index (χ3v) is 2.02. The molecule has 0 aliphatic carbocycles. The lowest BCUT2D eigenvalue weighted by molar-refractivity contribution is 0.805. The average molecular weight is 193 g/mol. The molecular weight excluding hydrogens is 174 g/mol. The fourth-order valence-electron chi connectivity index (χ4n) is 1.33. The first-order chi connectivity index (χ1) is 6.63. The molecule has 0 atom stereocenters. The Bertz CT molecular complexity index is 295. The van der Waals surface area contributed by atoms with Crippen LogP contribution in [0.25, 0.3) is 0 Å². The fourth-order valence-corrected chi connectivity index (χ4v) is 1.33. The van der Waals surface area contributed by atoms with Crippen LogP contribution in [0.5, 0.6) is 0 Å². The molecule has 0 bridgehead atoms. The summed E-state index contributed by atoms with van der Waals surface area (Å²) in [6.45, 7) is 7.21. The molecular formula is C11H19N3. The van der Waals surface area contributed by atoms with Crippen LogP contribution in [0.1, 0.15) is 25.0 Å². The van der Waals surface area contributed by atoms with Crippen molar-refractivity contribution in [2.45, 2.75) is 33.4 Å². The van der Waals surface area contributed by atoms with Crippen LogP contribution in [0.3, 0.4) is 0 Å². The van der Waals surface area contributed by atoms with Gasteiger partial charge in [0.25, 0.3) is 0 Å². The molecule has 78 valence electrons. The monoisotopic (exact) mass is 193 g/mol. The molecule has 0 saturated heterocycles. The van der Waals surface area contributed by atoms with E-state index in [0.29, 0.717) is 6.04 Å². The zero-order valence-electron chi connectivity index (χ0n) is 9.39. The van der Waals surface area contributed by atoms with Crippen LogP contribution in [0.2, 0.25) is 0 Å². The van der Waals surface area contributed by atoms with Crippen molar-refractivity contribution in [3.8, 4) is 0 Å². The molecule has 1 aromatic rings. The molecule has 0 saturated carbocycles. The normalized spacial score (nSPS) is 10.6. The van der Waals surface area contributed by atoms with Crippen LogP contribution in [0.4, 0.5) is 5.82 Å². The highest BCUT2D eigenvalue weighted by molar-refractivity contribution is 5.41. The van der Waals surface area contributed by atoms with E-state index in [-0.39, 0.29) is 0 Å². The van der Waals surface area contributed by atoms with Crippen molar-refractivity contribution in [2.24, 2.45) is 0 Å². The maximum absolute atomic E-state index is 4.35. The second-order valence-electron chi connectivity index (χ2n) is 3.83. The first-order valence-corrected chi connectivity index (χ1v) is 5.00. The summed E-state index contributed by atoms with van der Waals surface area (Å²) in [7, 11) is 1.94. The molecule has 0 fully saturated rings. The lowest BCUT2D eigenvalue weighted by Crippen LogP contribution is -2.12. The summed E-state index contributed by atoms with van der Waals surface area (Å²) in [6, 6.07) is 2.52. The van der Waals surface area contributed by atoms with Crippen molar-refractivity contribution < 1.29 is 0 Å². The standard InChI is InChI=1S/C11H19N3/c1-8(2)14-11-5-9(3)10(6-12-4)7-13-11/h5,7-8,12H,6H2,1-4H3,(H,13,14). The predicted octanol–water partition coefficient (Wildman–Crippen LogP) is 1.93. The Balaban J connectivity index is 2.78. The largest absolute Gasteiger partial charge is 0.368 e. The summed E-state index contributed by atoms with van der Waals surface area (Å²) in [6.07, 6.45) is 1.93. The molecule has 0 spiro atoms. The highest BCUT2D eigenvalue weighted by atomic mass is 15.0. The minimum absolute atomic E-state index is 0.428. The average Bonchev–Trinajstić information content (AvgIpc) is 2.09. The van der Waals surface area contributed by atoms with E-state index < -0.39 is 0 Å². The van der Waals surface area contributed by atoms with Gasteiger partial charge in [-0.2, -0.15) is 0 Å². The van der Waals surface area contributed by atoms with Gasteiger partial charge in [-0.3, -0.25) is 0 Å². The molecule has 0 unspecified atom stereocenters. The van der Waals surface area contributed by atoms with Gasteiger partial charge in [0, 0.05) is 18.8 Å². The van der Waals surface area contributed by atoms with Gasteiger partial charge in [0.1, 0.15) is 5.82 Å². The Kier molecular flexibility index (Phi) is 3.89. The first kappa shape index (κ1) is 11.0. The van der Waals surface area contributed by atoms with Crippen molar-refractivity contribution in [3.05, 3.63) is 23.4 Å². The highest BCUT2D eigenvalue weighted by Crippen LogP contribution is 2.12. The Morgan fingerprint density at radius 3 is 2.64 bits per heavy atom. The van der Waals surface area contributed by atoms with E-state index in [2.05, 4.69) is 42.5 Å². The highest BCUT2D eigenvalue weighted by Gasteiger charge is 2.01. The number of hydrogen-bond acceptors (Lipinski definition) is 3. The maximum atomic E-state index is 4.35. The molecule has 0 aliphatic rings. The number of hydrogen-bond donors (Lipinski definition) is 2. The molecule has 0 aromatic carbocycles. The Morgan fingerprint density at radius 2 is 2.14 bits per heavy atom. The van der Waals surface area contributed by atoms with Crippen molar-refractivity contribution in [3.63, 3.8) is 0 Å². The van der Waals surface area contributed by atoms with Gasteiger partial charge in [-0.25, -0.2) is 4.98 Å². The summed E-state index contributed by atoms with van der Waals surface area (Å²) in [5.41, 5.74) is 2.53. The Morgan fingerprint density at radius 1 is 1.43 bits per heavy atom. The van der Waals surface area contributed by atoms with Crippen molar-refractivity contribution in [2.75, 3.05) is 12.4 Å². The van der Waals surface area contributed by atoms with Gasteiger partial charge in [0.2, 0.25) is 0 Å². The summed E-state index contributed by atoms with van der Waals surface area (Å²) in [5, 5.41) is 6.41. The summed E-state index contributed by atoms with van der Waals surface area (Å²) < 4.78 is 0. The minimum Gasteiger partial charge on any atom is -0.368 e. The second-order valence-corrected chi connectivity index (χ2v) is 3.83. The van der Waals surface area contributed by atoms with Crippen LogP contribution in [-0.4, -0.2) is 18.1 Å². The van der Waals surface area contributed by atoms with E-state index in [0.717, 1.165) is 12.4 Å². The van der Waals surface area contributed by atoms with E-state index in [9.17, 15) is 0 Å². The number of nitrogens with zero attached hydrogens (tertiary/aromatic N) is 1. The van der Waals surface area contributed by atoms with Gasteiger partial charge in [-0.1, -0.05) is 0 Å². The number of rotatable bonds is 4. The van der Waals surface area contributed by atoms with Gasteiger partial charge < -0.3 is 10.6 Å². The van der Waals surface area contributed by atoms with E-state index in [1.54, 1.807) is 0 Å². The summed E-state index contributed by atoms with van der Waals surface area (Å²) >= 11 is 0. The van der Waals surface area contributed by atoms with Crippen molar-refractivity contribution >= 4 is 5.82 Å². The molecule has 1 heterocycles. The van der Waals surface area contributed by atoms with Crippen molar-refractivity contribution in [1.29, 1.82) is 0 Å². The number of nitrogens with one attached hydrogen (secondary N) is 2. The summed E-state index contributed by atoms with van der Waals surface area (Å²) in [4.78, 5) is 4.35. The SMILES string of the molecule is CNCc1cnc(NC(C)C)cc1C. The molecule has 0 amide bonds. The third kappa shape index (κ3) is 3.00. The van der Waals surface area contributed by atoms with E-state index in [1.807, 2.05) is 13.2 Å². The Labute approximate surface area is 85.9 Å². The second kappa shape index (κ2) is 4.96. The number of aromatic nitrogens is 1. The molecule has 1 rings (SSSR count). The Hall–Kier alpha value is -1.09. The molecule has 0 aliphatic heterocycles. The van der Waals surface area contributed by atoms with Crippen LogP contribution in [0.15, 0.2) is 12.3 Å². The van der Waals surface area contributed by atoms with Gasteiger partial charge in [-0.05, 0) is 45.0 Å². The molecule has 14 heavy (non-hydrogen) atoms. The van der Waals surface area contributed by atoms with Gasteiger partial charge in [0.15, 0.2) is 0 Å². The third-order valence-electron chi connectivity index (χ3n) is 2.02. The van der Waals surface area contributed by atoms with E-state index in [1.165, 1.54) is 11.1 Å². The van der Waals surface area contributed by atoms with Gasteiger partial charge >= 0.3 is 0 Å². The zero-order chi connectivity index (χ0) is 10.6. The molecule has 0 radical (unpaired) electrons. The number of aryl methyl sites for hydroxylation is 1. The molecule has 3 heteroatoms. The minimum atomic E-state index is 0.428. The fraction of sp³-hybridized carbons (Fsp3) is 0.545. The van der Waals surface area contributed by atoms with E-state index in [4.69, 9.17) is 0 Å². The maximum Gasteiger partial charge on any atom is 0.126 e. The van der Waals surface area contributed by atoms with Crippen LogP contribution >= 0.6 is 0 Å². The number of anilines is 1. The first-order valence-electron chi connectivity index (χ1n) is 5.00. The summed E-state index contributed by atoms with van der Waals surface area (Å²) in [5.74, 6) is 0.956. The van der Waals surface area contributed by atoms with Crippen LogP contribution < -0.4 is 10.6 Å². The van der Waals surface area contributed by atoms with Gasteiger partial charge in [-0.15, -0.1) is 0 Å². The quantitative estimate of drug-likeness (QED) is 0.767. The molecule has 1 aromatic heterocycles. The van der Waals surface area contributed by atoms with Crippen LogP contribution in [-0.2, 0) is 6.54 Å². The molecule has 3 nitrogen and oxygen atoms in total.